The molecule has 0 aliphatic rings. The topological polar surface area (TPSA) is 26.0 Å². The second-order valence-corrected chi connectivity index (χ2v) is 3.82. The summed E-state index contributed by atoms with van der Waals surface area (Å²) in [4.78, 5) is 0. The van der Waals surface area contributed by atoms with Crippen molar-refractivity contribution in [3.05, 3.63) is 65.2 Å². The van der Waals surface area contributed by atoms with Crippen LogP contribution >= 0.6 is 0 Å². The standard InChI is InChI=1S/C13H9F4N/c14-9-3-6-12(15)11(7-9)13(16,17)8-1-4-10(18)5-2-8/h1-7H,18H2. The van der Waals surface area contributed by atoms with Gasteiger partial charge < -0.3 is 5.73 Å². The first-order valence-corrected chi connectivity index (χ1v) is 5.10. The minimum Gasteiger partial charge on any atom is -0.399 e. The second kappa shape index (κ2) is 4.33. The highest BCUT2D eigenvalue weighted by Gasteiger charge is 2.37. The minimum absolute atomic E-state index is 0.314. The first kappa shape index (κ1) is 12.4. The van der Waals surface area contributed by atoms with Gasteiger partial charge in [-0.05, 0) is 30.3 Å². The minimum atomic E-state index is -3.61. The summed E-state index contributed by atoms with van der Waals surface area (Å²) >= 11 is 0. The zero-order valence-corrected chi connectivity index (χ0v) is 9.13. The van der Waals surface area contributed by atoms with Crippen LogP contribution in [-0.2, 0) is 5.92 Å². The van der Waals surface area contributed by atoms with E-state index in [1.165, 1.54) is 12.1 Å². The molecule has 94 valence electrons. The van der Waals surface area contributed by atoms with Crippen LogP contribution in [0.3, 0.4) is 0 Å². The van der Waals surface area contributed by atoms with Gasteiger partial charge >= 0.3 is 5.92 Å². The molecule has 0 aliphatic heterocycles. The Hall–Kier alpha value is -2.04. The van der Waals surface area contributed by atoms with Gasteiger partial charge in [-0.1, -0.05) is 12.1 Å². The molecular formula is C13H9F4N. The van der Waals surface area contributed by atoms with Crippen molar-refractivity contribution in [1.29, 1.82) is 0 Å². The lowest BCUT2D eigenvalue weighted by molar-refractivity contribution is 0.0385. The zero-order valence-electron chi connectivity index (χ0n) is 9.13. The Morgan fingerprint density at radius 2 is 1.50 bits per heavy atom. The third-order valence-electron chi connectivity index (χ3n) is 2.54. The number of benzene rings is 2. The van der Waals surface area contributed by atoms with Gasteiger partial charge in [-0.15, -0.1) is 0 Å². The molecule has 0 bridgehead atoms. The van der Waals surface area contributed by atoms with E-state index in [1.807, 2.05) is 0 Å². The fraction of sp³-hybridized carbons (Fsp3) is 0.0769. The summed E-state index contributed by atoms with van der Waals surface area (Å²) in [7, 11) is 0. The number of nitrogens with two attached hydrogens (primary N) is 1. The van der Waals surface area contributed by atoms with E-state index in [9.17, 15) is 17.6 Å². The number of hydrogen-bond donors (Lipinski definition) is 1. The summed E-state index contributed by atoms with van der Waals surface area (Å²) in [6.07, 6.45) is 0. The molecule has 0 radical (unpaired) electrons. The van der Waals surface area contributed by atoms with Crippen LogP contribution in [0.2, 0.25) is 0 Å². The Labute approximate surface area is 101 Å². The molecule has 0 unspecified atom stereocenters. The highest BCUT2D eigenvalue weighted by atomic mass is 19.3. The molecular weight excluding hydrogens is 246 g/mol. The molecule has 0 saturated carbocycles. The van der Waals surface area contributed by atoms with Gasteiger partial charge in [0.1, 0.15) is 11.6 Å². The van der Waals surface area contributed by atoms with Crippen molar-refractivity contribution in [2.45, 2.75) is 5.92 Å². The van der Waals surface area contributed by atoms with Gasteiger partial charge in [0.15, 0.2) is 0 Å². The average Bonchev–Trinajstić information content (AvgIpc) is 2.32. The average molecular weight is 255 g/mol. The molecule has 0 atom stereocenters. The van der Waals surface area contributed by atoms with E-state index in [2.05, 4.69) is 0 Å². The number of hydrogen-bond acceptors (Lipinski definition) is 1. The predicted molar refractivity (Wildman–Crippen MR) is 60.2 cm³/mol. The molecule has 5 heteroatoms. The third kappa shape index (κ3) is 2.16. The van der Waals surface area contributed by atoms with Crippen LogP contribution in [0.25, 0.3) is 0 Å². The molecule has 18 heavy (non-hydrogen) atoms. The van der Waals surface area contributed by atoms with Crippen LogP contribution < -0.4 is 5.73 Å². The zero-order chi connectivity index (χ0) is 13.3. The molecule has 0 aliphatic carbocycles. The summed E-state index contributed by atoms with van der Waals surface area (Å²) in [5, 5.41) is 0. The Bertz CT molecular complexity index is 564. The van der Waals surface area contributed by atoms with Crippen LogP contribution in [-0.4, -0.2) is 0 Å². The largest absolute Gasteiger partial charge is 0.399 e. The van der Waals surface area contributed by atoms with Crippen molar-refractivity contribution in [1.82, 2.24) is 0 Å². The second-order valence-electron chi connectivity index (χ2n) is 3.82. The van der Waals surface area contributed by atoms with Crippen LogP contribution in [0, 0.1) is 11.6 Å². The fourth-order valence-electron chi connectivity index (χ4n) is 1.59. The van der Waals surface area contributed by atoms with Gasteiger partial charge in [-0.25, -0.2) is 8.78 Å². The van der Waals surface area contributed by atoms with E-state index in [1.54, 1.807) is 0 Å². The first-order valence-electron chi connectivity index (χ1n) is 5.10. The van der Waals surface area contributed by atoms with E-state index in [0.717, 1.165) is 18.2 Å². The number of halogens is 4. The number of nitrogen functional groups attached to an aromatic ring is 1. The van der Waals surface area contributed by atoms with Crippen molar-refractivity contribution in [2.24, 2.45) is 0 Å². The van der Waals surface area contributed by atoms with Gasteiger partial charge in [0.25, 0.3) is 0 Å². The molecule has 0 fully saturated rings. The molecule has 2 aromatic carbocycles. The highest BCUT2D eigenvalue weighted by Crippen LogP contribution is 2.37. The Kier molecular flexibility index (Phi) is 2.98. The molecule has 0 heterocycles. The van der Waals surface area contributed by atoms with Gasteiger partial charge in [-0.2, -0.15) is 8.78 Å². The van der Waals surface area contributed by atoms with Crippen LogP contribution in [0.5, 0.6) is 0 Å². The maximum atomic E-state index is 14.0. The van der Waals surface area contributed by atoms with E-state index in [0.29, 0.717) is 17.8 Å². The fourth-order valence-corrected chi connectivity index (χ4v) is 1.59. The van der Waals surface area contributed by atoms with Crippen LogP contribution in [0.4, 0.5) is 23.2 Å². The van der Waals surface area contributed by atoms with Crippen molar-refractivity contribution in [3.63, 3.8) is 0 Å². The first-order chi connectivity index (χ1) is 8.41. The molecule has 2 aromatic rings. The number of rotatable bonds is 2. The normalized spacial score (nSPS) is 11.6. The van der Waals surface area contributed by atoms with Crippen molar-refractivity contribution in [2.75, 3.05) is 5.73 Å². The molecule has 0 spiro atoms. The summed E-state index contributed by atoms with van der Waals surface area (Å²) in [6, 6.07) is 6.68. The molecule has 2 rings (SSSR count). The van der Waals surface area contributed by atoms with Gasteiger partial charge in [0.2, 0.25) is 0 Å². The summed E-state index contributed by atoms with van der Waals surface area (Å²) in [5.41, 5.74) is 4.26. The van der Waals surface area contributed by atoms with E-state index >= 15 is 0 Å². The van der Waals surface area contributed by atoms with Crippen molar-refractivity contribution >= 4 is 5.69 Å². The Morgan fingerprint density at radius 3 is 2.11 bits per heavy atom. The quantitative estimate of drug-likeness (QED) is 0.642. The van der Waals surface area contributed by atoms with Crippen molar-refractivity contribution in [3.8, 4) is 0 Å². The lowest BCUT2D eigenvalue weighted by Crippen LogP contribution is -2.17. The monoisotopic (exact) mass is 255 g/mol. The molecule has 0 amide bonds. The molecule has 1 nitrogen and oxygen atoms in total. The van der Waals surface area contributed by atoms with Gasteiger partial charge in [0.05, 0.1) is 5.56 Å². The summed E-state index contributed by atoms with van der Waals surface area (Å²) in [5.74, 6) is -5.68. The predicted octanol–water partition coefficient (Wildman–Crippen LogP) is 3.69. The number of alkyl halides is 2. The smallest absolute Gasteiger partial charge is 0.301 e. The SMILES string of the molecule is Nc1ccc(C(F)(F)c2cc(F)ccc2F)cc1. The number of anilines is 1. The Morgan fingerprint density at radius 1 is 0.889 bits per heavy atom. The van der Waals surface area contributed by atoms with E-state index in [-0.39, 0.29) is 0 Å². The highest BCUT2D eigenvalue weighted by molar-refractivity contribution is 5.43. The molecule has 2 N–H and O–H groups in total. The van der Waals surface area contributed by atoms with Crippen molar-refractivity contribution < 1.29 is 17.6 Å². The molecule has 0 aromatic heterocycles. The maximum Gasteiger partial charge on any atom is 0.301 e. The van der Waals surface area contributed by atoms with Crippen LogP contribution in [0.15, 0.2) is 42.5 Å². The molecule has 0 saturated heterocycles. The Balaban J connectivity index is 2.53. The summed E-state index contributed by atoms with van der Waals surface area (Å²) in [6.45, 7) is 0. The maximum absolute atomic E-state index is 14.0. The van der Waals surface area contributed by atoms with E-state index < -0.39 is 28.7 Å². The lowest BCUT2D eigenvalue weighted by Gasteiger charge is -2.18. The van der Waals surface area contributed by atoms with E-state index in [4.69, 9.17) is 5.73 Å². The third-order valence-corrected chi connectivity index (χ3v) is 2.54. The van der Waals surface area contributed by atoms with Gasteiger partial charge in [0, 0.05) is 11.3 Å². The van der Waals surface area contributed by atoms with Crippen LogP contribution in [0.1, 0.15) is 11.1 Å². The van der Waals surface area contributed by atoms with Gasteiger partial charge in [-0.3, -0.25) is 0 Å². The lowest BCUT2D eigenvalue weighted by atomic mass is 9.99. The summed E-state index contributed by atoms with van der Waals surface area (Å²) < 4.78 is 54.3.